The molecule has 1 heterocycles. The number of allylic oxidation sites excluding steroid dienone is 2. The lowest BCUT2D eigenvalue weighted by atomic mass is 9.96. The normalized spacial score (nSPS) is 17.3. The number of benzene rings is 1. The third kappa shape index (κ3) is 4.40. The molecule has 29 heavy (non-hydrogen) atoms. The summed E-state index contributed by atoms with van der Waals surface area (Å²) in [6, 6.07) is 10.9. The first kappa shape index (κ1) is 19.8. The maximum absolute atomic E-state index is 13.0. The maximum atomic E-state index is 13.0. The Bertz CT molecular complexity index is 897. The van der Waals surface area contributed by atoms with Gasteiger partial charge in [-0.3, -0.25) is 9.59 Å². The van der Waals surface area contributed by atoms with Crippen molar-refractivity contribution in [3.63, 3.8) is 0 Å². The lowest BCUT2D eigenvalue weighted by Crippen LogP contribution is -2.35. The number of esters is 1. The van der Waals surface area contributed by atoms with Gasteiger partial charge in [0.05, 0.1) is 18.2 Å². The second kappa shape index (κ2) is 8.46. The van der Waals surface area contributed by atoms with Gasteiger partial charge in [0, 0.05) is 10.7 Å². The highest BCUT2D eigenvalue weighted by Crippen LogP contribution is 2.49. The van der Waals surface area contributed by atoms with E-state index in [4.69, 9.17) is 20.8 Å². The van der Waals surface area contributed by atoms with E-state index in [1.807, 2.05) is 18.2 Å². The molecule has 1 fully saturated rings. The molecule has 0 aliphatic heterocycles. The van der Waals surface area contributed by atoms with Crippen molar-refractivity contribution in [3.8, 4) is 0 Å². The average Bonchev–Trinajstić information content (AvgIpc) is 3.40. The Hall–Kier alpha value is -2.53. The molecular formula is C23H24ClNO4. The minimum absolute atomic E-state index is 0.227. The lowest BCUT2D eigenvalue weighted by Gasteiger charge is -2.27. The van der Waals surface area contributed by atoms with Crippen molar-refractivity contribution in [1.82, 2.24) is 4.90 Å². The van der Waals surface area contributed by atoms with Crippen LogP contribution in [0.2, 0.25) is 5.02 Å². The highest BCUT2D eigenvalue weighted by molar-refractivity contribution is 6.30. The zero-order chi connectivity index (χ0) is 20.3. The summed E-state index contributed by atoms with van der Waals surface area (Å²) in [6.45, 7) is 0.0732. The minimum Gasteiger partial charge on any atom is -0.467 e. The number of carbonyl (C=O) groups excluding carboxylic acids is 2. The quantitative estimate of drug-likeness (QED) is 0.599. The van der Waals surface area contributed by atoms with Crippen LogP contribution in [0, 0.1) is 0 Å². The molecule has 2 aliphatic rings. The van der Waals surface area contributed by atoms with Crippen molar-refractivity contribution in [2.75, 3.05) is 6.61 Å². The summed E-state index contributed by atoms with van der Waals surface area (Å²) >= 11 is 5.95. The van der Waals surface area contributed by atoms with Crippen LogP contribution in [0.15, 0.2) is 58.9 Å². The summed E-state index contributed by atoms with van der Waals surface area (Å²) < 4.78 is 10.9. The second-order valence-electron chi connectivity index (χ2n) is 7.67. The minimum atomic E-state index is -0.638. The monoisotopic (exact) mass is 413 g/mol. The molecule has 0 saturated heterocycles. The van der Waals surface area contributed by atoms with Crippen LogP contribution in [0.25, 0.3) is 0 Å². The molecule has 1 saturated carbocycles. The van der Waals surface area contributed by atoms with E-state index in [2.05, 4.69) is 6.08 Å². The molecule has 2 aromatic rings. The van der Waals surface area contributed by atoms with Gasteiger partial charge < -0.3 is 14.1 Å². The highest BCUT2D eigenvalue weighted by atomic mass is 35.5. The van der Waals surface area contributed by atoms with Crippen LogP contribution in [0.3, 0.4) is 0 Å². The number of furan rings is 1. The first-order valence-electron chi connectivity index (χ1n) is 10.0. The summed E-state index contributed by atoms with van der Waals surface area (Å²) in [4.78, 5) is 27.4. The van der Waals surface area contributed by atoms with Crippen LogP contribution in [-0.4, -0.2) is 23.4 Å². The zero-order valence-electron chi connectivity index (χ0n) is 16.2. The summed E-state index contributed by atoms with van der Waals surface area (Å²) in [6.07, 6.45) is 9.12. The molecule has 0 radical (unpaired) electrons. The summed E-state index contributed by atoms with van der Waals surface area (Å²) in [5.74, 6) is 0.134. The van der Waals surface area contributed by atoms with Gasteiger partial charge in [0.1, 0.15) is 5.76 Å². The number of rotatable bonds is 7. The number of hydrogen-bond donors (Lipinski definition) is 0. The predicted molar refractivity (Wildman–Crippen MR) is 109 cm³/mol. The fourth-order valence-electron chi connectivity index (χ4n) is 3.82. The Morgan fingerprint density at radius 2 is 1.93 bits per heavy atom. The fourth-order valence-corrected chi connectivity index (χ4v) is 3.95. The van der Waals surface area contributed by atoms with Crippen molar-refractivity contribution in [3.05, 3.63) is 70.8 Å². The van der Waals surface area contributed by atoms with Crippen LogP contribution in [0.1, 0.15) is 49.8 Å². The molecule has 0 atom stereocenters. The molecule has 1 amide bonds. The van der Waals surface area contributed by atoms with E-state index in [9.17, 15) is 9.59 Å². The van der Waals surface area contributed by atoms with Crippen LogP contribution in [0.4, 0.5) is 0 Å². The van der Waals surface area contributed by atoms with Gasteiger partial charge in [-0.05, 0) is 68.4 Å². The SMILES string of the molecule is O=C(COC(=O)C1(c2ccc(Cl)cc2)CC1)N(Cc1ccco1)C1=CCCCC1. The van der Waals surface area contributed by atoms with E-state index in [0.717, 1.165) is 49.8 Å². The van der Waals surface area contributed by atoms with E-state index in [1.54, 1.807) is 29.4 Å². The fraction of sp³-hybridized carbons (Fsp3) is 0.391. The van der Waals surface area contributed by atoms with Gasteiger partial charge in [0.2, 0.25) is 0 Å². The van der Waals surface area contributed by atoms with Crippen LogP contribution < -0.4 is 0 Å². The zero-order valence-corrected chi connectivity index (χ0v) is 17.0. The van der Waals surface area contributed by atoms with Gasteiger partial charge in [-0.25, -0.2) is 0 Å². The number of carbonyl (C=O) groups is 2. The predicted octanol–water partition coefficient (Wildman–Crippen LogP) is 4.99. The first-order chi connectivity index (χ1) is 14.1. The molecular weight excluding hydrogens is 390 g/mol. The molecule has 1 aromatic carbocycles. The number of halogens is 1. The highest BCUT2D eigenvalue weighted by Gasteiger charge is 2.53. The van der Waals surface area contributed by atoms with Crippen molar-refractivity contribution in [2.24, 2.45) is 0 Å². The molecule has 1 aromatic heterocycles. The molecule has 6 heteroatoms. The Kier molecular flexibility index (Phi) is 5.76. The summed E-state index contributed by atoms with van der Waals surface area (Å²) in [5, 5.41) is 0.627. The van der Waals surface area contributed by atoms with Gasteiger partial charge in [-0.2, -0.15) is 0 Å². The van der Waals surface area contributed by atoms with Gasteiger partial charge in [-0.15, -0.1) is 0 Å². The van der Waals surface area contributed by atoms with Gasteiger partial charge in [-0.1, -0.05) is 29.8 Å². The largest absolute Gasteiger partial charge is 0.467 e. The third-order valence-electron chi connectivity index (χ3n) is 5.67. The Morgan fingerprint density at radius 3 is 2.55 bits per heavy atom. The second-order valence-corrected chi connectivity index (χ2v) is 8.10. The van der Waals surface area contributed by atoms with Gasteiger partial charge in [0.25, 0.3) is 5.91 Å². The summed E-state index contributed by atoms with van der Waals surface area (Å²) in [5.41, 5.74) is 1.23. The Labute approximate surface area is 175 Å². The van der Waals surface area contributed by atoms with E-state index in [-0.39, 0.29) is 18.5 Å². The van der Waals surface area contributed by atoms with E-state index < -0.39 is 5.41 Å². The van der Waals surface area contributed by atoms with E-state index >= 15 is 0 Å². The van der Waals surface area contributed by atoms with Crippen LogP contribution in [0.5, 0.6) is 0 Å². The number of ether oxygens (including phenoxy) is 1. The number of amides is 1. The molecule has 0 N–H and O–H groups in total. The van der Waals surface area contributed by atoms with Crippen molar-refractivity contribution in [1.29, 1.82) is 0 Å². The molecule has 0 unspecified atom stereocenters. The van der Waals surface area contributed by atoms with Gasteiger partial charge in [0.15, 0.2) is 6.61 Å². The summed E-state index contributed by atoms with van der Waals surface area (Å²) in [7, 11) is 0. The number of nitrogens with zero attached hydrogens (tertiary/aromatic N) is 1. The van der Waals surface area contributed by atoms with Crippen molar-refractivity contribution in [2.45, 2.75) is 50.5 Å². The van der Waals surface area contributed by atoms with Crippen LogP contribution >= 0.6 is 11.6 Å². The standard InChI is InChI=1S/C23H24ClNO4/c24-18-10-8-17(9-11-18)23(12-13-23)22(27)29-16-21(26)25(15-20-7-4-14-28-20)19-5-2-1-3-6-19/h4-5,7-11,14H,1-3,6,12-13,15-16H2. The molecule has 0 bridgehead atoms. The molecule has 4 rings (SSSR count). The molecule has 0 spiro atoms. The molecule has 2 aliphatic carbocycles. The Morgan fingerprint density at radius 1 is 1.14 bits per heavy atom. The van der Waals surface area contributed by atoms with Crippen molar-refractivity contribution >= 4 is 23.5 Å². The topological polar surface area (TPSA) is 59.8 Å². The molecule has 5 nitrogen and oxygen atoms in total. The number of hydrogen-bond acceptors (Lipinski definition) is 4. The lowest BCUT2D eigenvalue weighted by molar-refractivity contribution is -0.153. The maximum Gasteiger partial charge on any atom is 0.317 e. The molecule has 152 valence electrons. The average molecular weight is 414 g/mol. The Balaban J connectivity index is 1.43. The third-order valence-corrected chi connectivity index (χ3v) is 5.93. The van der Waals surface area contributed by atoms with E-state index in [0.29, 0.717) is 17.3 Å². The van der Waals surface area contributed by atoms with Crippen molar-refractivity contribution < 1.29 is 18.7 Å². The first-order valence-corrected chi connectivity index (χ1v) is 10.4. The van der Waals surface area contributed by atoms with Crippen LogP contribution in [-0.2, 0) is 26.3 Å². The van der Waals surface area contributed by atoms with Gasteiger partial charge >= 0.3 is 5.97 Å². The smallest absolute Gasteiger partial charge is 0.317 e. The van der Waals surface area contributed by atoms with E-state index in [1.165, 1.54) is 0 Å².